The average molecular weight is 320 g/mol. The fourth-order valence-electron chi connectivity index (χ4n) is 2.03. The normalized spacial score (nSPS) is 13.1. The van der Waals surface area contributed by atoms with Crippen molar-refractivity contribution >= 4 is 15.9 Å². The summed E-state index contributed by atoms with van der Waals surface area (Å²) in [5, 5.41) is 3.35. The summed E-state index contributed by atoms with van der Waals surface area (Å²) in [5.74, 6) is -0.494. The Kier molecular flexibility index (Phi) is 6.22. The van der Waals surface area contributed by atoms with Crippen LogP contribution >= 0.6 is 15.9 Å². The quantitative estimate of drug-likeness (QED) is 0.771. The molecule has 0 saturated carbocycles. The molecule has 4 heteroatoms. The van der Waals surface area contributed by atoms with Crippen LogP contribution in [-0.4, -0.2) is 12.6 Å². The van der Waals surface area contributed by atoms with E-state index in [0.29, 0.717) is 16.8 Å². The van der Waals surface area contributed by atoms with Gasteiger partial charge >= 0.3 is 0 Å². The predicted molar refractivity (Wildman–Crippen MR) is 74.7 cm³/mol. The largest absolute Gasteiger partial charge is 0.314 e. The topological polar surface area (TPSA) is 12.0 Å². The molecule has 1 unspecified atom stereocenters. The second kappa shape index (κ2) is 7.19. The smallest absolute Gasteiger partial charge is 0.143 e. The molecule has 0 aromatic heterocycles. The minimum absolute atomic E-state index is 0.174. The molecule has 0 radical (unpaired) electrons. The van der Waals surface area contributed by atoms with Crippen molar-refractivity contribution in [2.75, 3.05) is 6.54 Å². The molecule has 1 rings (SSSR count). The zero-order valence-corrected chi connectivity index (χ0v) is 12.7. The molecule has 18 heavy (non-hydrogen) atoms. The van der Waals surface area contributed by atoms with Crippen LogP contribution in [0.3, 0.4) is 0 Å². The molecule has 0 fully saturated rings. The number of benzene rings is 1. The first-order valence-corrected chi connectivity index (χ1v) is 7.12. The van der Waals surface area contributed by atoms with Gasteiger partial charge in [-0.15, -0.1) is 0 Å². The van der Waals surface area contributed by atoms with Crippen molar-refractivity contribution in [3.63, 3.8) is 0 Å². The Morgan fingerprint density at radius 1 is 1.28 bits per heavy atom. The molecule has 102 valence electrons. The Bertz CT molecular complexity index is 394. The number of rotatable bonds is 6. The van der Waals surface area contributed by atoms with Gasteiger partial charge in [0, 0.05) is 11.6 Å². The Labute approximate surface area is 116 Å². The van der Waals surface area contributed by atoms with Gasteiger partial charge in [0.25, 0.3) is 0 Å². The summed E-state index contributed by atoms with van der Waals surface area (Å²) in [6, 6.07) is 2.99. The van der Waals surface area contributed by atoms with Crippen LogP contribution in [0.5, 0.6) is 0 Å². The first kappa shape index (κ1) is 15.6. The monoisotopic (exact) mass is 319 g/mol. The summed E-state index contributed by atoms with van der Waals surface area (Å²) < 4.78 is 27.7. The minimum atomic E-state index is -0.478. The molecule has 1 nitrogen and oxygen atoms in total. The highest BCUT2D eigenvalue weighted by atomic mass is 79.9. The molecule has 0 aliphatic heterocycles. The van der Waals surface area contributed by atoms with Crippen molar-refractivity contribution in [1.82, 2.24) is 5.32 Å². The van der Waals surface area contributed by atoms with Crippen molar-refractivity contribution in [3.05, 3.63) is 33.8 Å². The van der Waals surface area contributed by atoms with Gasteiger partial charge in [0.1, 0.15) is 11.6 Å². The molecule has 0 aliphatic carbocycles. The second-order valence-electron chi connectivity index (χ2n) is 4.77. The summed E-state index contributed by atoms with van der Waals surface area (Å²) in [6.07, 6.45) is 1.14. The molecule has 0 saturated heterocycles. The first-order valence-electron chi connectivity index (χ1n) is 6.33. The first-order chi connectivity index (χ1) is 8.47. The fourth-order valence-corrected chi connectivity index (χ4v) is 2.40. The number of hydrogen-bond acceptors (Lipinski definition) is 1. The second-order valence-corrected chi connectivity index (χ2v) is 5.62. The van der Waals surface area contributed by atoms with Gasteiger partial charge in [-0.05, 0) is 53.4 Å². The molecule has 1 aromatic carbocycles. The summed E-state index contributed by atoms with van der Waals surface area (Å²) in [7, 11) is 0. The van der Waals surface area contributed by atoms with Gasteiger partial charge in [-0.3, -0.25) is 0 Å². The maximum Gasteiger partial charge on any atom is 0.143 e. The van der Waals surface area contributed by atoms with Gasteiger partial charge in [0.05, 0.1) is 4.47 Å². The van der Waals surface area contributed by atoms with Gasteiger partial charge < -0.3 is 5.32 Å². The molecule has 0 spiro atoms. The third-order valence-electron chi connectivity index (χ3n) is 3.12. The summed E-state index contributed by atoms with van der Waals surface area (Å²) in [4.78, 5) is 0. The molecule has 0 heterocycles. The molecule has 0 amide bonds. The average Bonchev–Trinajstić information content (AvgIpc) is 2.32. The van der Waals surface area contributed by atoms with E-state index in [1.807, 2.05) is 6.92 Å². The van der Waals surface area contributed by atoms with Crippen LogP contribution in [0.2, 0.25) is 0 Å². The van der Waals surface area contributed by atoms with E-state index in [1.165, 1.54) is 12.1 Å². The van der Waals surface area contributed by atoms with E-state index < -0.39 is 11.6 Å². The highest BCUT2D eigenvalue weighted by molar-refractivity contribution is 9.10. The predicted octanol–water partition coefficient (Wildman–Crippen LogP) is 4.29. The highest BCUT2D eigenvalue weighted by Gasteiger charge is 2.16. The zero-order chi connectivity index (χ0) is 13.7. The molecular formula is C14H20BrF2N. The van der Waals surface area contributed by atoms with E-state index in [0.717, 1.165) is 13.0 Å². The van der Waals surface area contributed by atoms with Crippen molar-refractivity contribution in [2.45, 2.75) is 39.7 Å². The van der Waals surface area contributed by atoms with Crippen molar-refractivity contribution in [2.24, 2.45) is 5.92 Å². The van der Waals surface area contributed by atoms with E-state index >= 15 is 0 Å². The van der Waals surface area contributed by atoms with E-state index in [9.17, 15) is 8.78 Å². The maximum absolute atomic E-state index is 13.8. The molecule has 0 bridgehead atoms. The van der Waals surface area contributed by atoms with Gasteiger partial charge in [-0.1, -0.05) is 20.8 Å². The zero-order valence-electron chi connectivity index (χ0n) is 11.1. The third-order valence-corrected chi connectivity index (χ3v) is 3.73. The van der Waals surface area contributed by atoms with Gasteiger partial charge in [0.15, 0.2) is 0 Å². The van der Waals surface area contributed by atoms with Crippen LogP contribution in [0.15, 0.2) is 16.6 Å². The van der Waals surface area contributed by atoms with Crippen molar-refractivity contribution in [3.8, 4) is 0 Å². The van der Waals surface area contributed by atoms with E-state index in [-0.39, 0.29) is 11.6 Å². The van der Waals surface area contributed by atoms with Crippen LogP contribution in [0.1, 0.15) is 32.8 Å². The van der Waals surface area contributed by atoms with Crippen LogP contribution < -0.4 is 5.32 Å². The lowest BCUT2D eigenvalue weighted by Crippen LogP contribution is -2.34. The fraction of sp³-hybridized carbons (Fsp3) is 0.571. The number of halogens is 3. The van der Waals surface area contributed by atoms with Crippen LogP contribution in [0.4, 0.5) is 8.78 Å². The van der Waals surface area contributed by atoms with Gasteiger partial charge in [-0.25, -0.2) is 8.78 Å². The molecule has 1 atom stereocenters. The van der Waals surface area contributed by atoms with Crippen LogP contribution in [0.25, 0.3) is 0 Å². The van der Waals surface area contributed by atoms with Crippen molar-refractivity contribution < 1.29 is 8.78 Å². The SMILES string of the molecule is CCNC(CCc1c(F)ccc(Br)c1F)C(C)C. The van der Waals surface area contributed by atoms with E-state index in [1.54, 1.807) is 0 Å². The highest BCUT2D eigenvalue weighted by Crippen LogP contribution is 2.23. The summed E-state index contributed by atoms with van der Waals surface area (Å²) in [6.45, 7) is 7.13. The van der Waals surface area contributed by atoms with Gasteiger partial charge in [0.2, 0.25) is 0 Å². The Balaban J connectivity index is 2.76. The molecular weight excluding hydrogens is 300 g/mol. The summed E-state index contributed by atoms with van der Waals surface area (Å²) in [5.41, 5.74) is 0.174. The molecule has 0 aliphatic rings. The lowest BCUT2D eigenvalue weighted by atomic mass is 9.96. The number of hydrogen-bond donors (Lipinski definition) is 1. The Morgan fingerprint density at radius 2 is 1.94 bits per heavy atom. The van der Waals surface area contributed by atoms with Crippen LogP contribution in [-0.2, 0) is 6.42 Å². The minimum Gasteiger partial charge on any atom is -0.314 e. The van der Waals surface area contributed by atoms with Crippen LogP contribution in [0, 0.1) is 17.6 Å². The standard InChI is InChI=1S/C14H20BrF2N/c1-4-18-13(9(2)3)8-5-10-12(16)7-6-11(15)14(10)17/h6-7,9,13,18H,4-5,8H2,1-3H3. The molecule has 1 aromatic rings. The molecule has 1 N–H and O–H groups in total. The van der Waals surface area contributed by atoms with E-state index in [4.69, 9.17) is 0 Å². The Morgan fingerprint density at radius 3 is 2.50 bits per heavy atom. The third kappa shape index (κ3) is 4.02. The lowest BCUT2D eigenvalue weighted by molar-refractivity contribution is 0.380. The van der Waals surface area contributed by atoms with Gasteiger partial charge in [-0.2, -0.15) is 0 Å². The lowest BCUT2D eigenvalue weighted by Gasteiger charge is -2.22. The Hall–Kier alpha value is -0.480. The van der Waals surface area contributed by atoms with Crippen molar-refractivity contribution in [1.29, 1.82) is 0 Å². The maximum atomic E-state index is 13.8. The number of nitrogens with one attached hydrogen (secondary N) is 1. The summed E-state index contributed by atoms with van der Waals surface area (Å²) >= 11 is 3.09. The van der Waals surface area contributed by atoms with E-state index in [2.05, 4.69) is 35.1 Å².